The van der Waals surface area contributed by atoms with Crippen molar-refractivity contribution in [3.8, 4) is 0 Å². The van der Waals surface area contributed by atoms with Crippen molar-refractivity contribution in [3.63, 3.8) is 0 Å². The van der Waals surface area contributed by atoms with Crippen LogP contribution < -0.4 is 0 Å². The van der Waals surface area contributed by atoms with E-state index in [1.165, 1.54) is 24.8 Å². The van der Waals surface area contributed by atoms with Crippen LogP contribution in [0.2, 0.25) is 0 Å². The molecule has 0 bridgehead atoms. The van der Waals surface area contributed by atoms with Crippen LogP contribution in [-0.4, -0.2) is 23.8 Å². The first-order valence-electron chi connectivity index (χ1n) is 9.78. The number of ketones is 2. The summed E-state index contributed by atoms with van der Waals surface area (Å²) in [6, 6.07) is 0. The van der Waals surface area contributed by atoms with Crippen LogP contribution in [0, 0.1) is 34.5 Å². The quantitative estimate of drug-likeness (QED) is 0.689. The van der Waals surface area contributed by atoms with Crippen molar-refractivity contribution in [1.82, 2.24) is 0 Å². The van der Waals surface area contributed by atoms with Gasteiger partial charge in [-0.1, -0.05) is 19.4 Å². The van der Waals surface area contributed by atoms with Crippen molar-refractivity contribution in [3.05, 3.63) is 11.6 Å². The number of carbonyl (C=O) groups is 2. The zero-order valence-corrected chi connectivity index (χ0v) is 15.0. The lowest BCUT2D eigenvalue weighted by molar-refractivity contribution is -0.128. The maximum atomic E-state index is 12.2. The first kappa shape index (κ1) is 15.3. The Labute approximate surface area is 144 Å². The van der Waals surface area contributed by atoms with Crippen LogP contribution in [0.4, 0.5) is 0 Å². The van der Waals surface area contributed by atoms with Gasteiger partial charge < -0.3 is 4.74 Å². The fraction of sp³-hybridized carbons (Fsp3) is 0.810. The molecule has 0 N–H and O–H groups in total. The monoisotopic (exact) mass is 328 g/mol. The van der Waals surface area contributed by atoms with Crippen molar-refractivity contribution in [2.45, 2.75) is 71.5 Å². The van der Waals surface area contributed by atoms with Gasteiger partial charge in [0.25, 0.3) is 0 Å². The summed E-state index contributed by atoms with van der Waals surface area (Å²) in [6.07, 6.45) is 8.80. The summed E-state index contributed by atoms with van der Waals surface area (Å²) in [7, 11) is 0. The second-order valence-electron chi connectivity index (χ2n) is 9.53. The normalized spacial score (nSPS) is 55.0. The summed E-state index contributed by atoms with van der Waals surface area (Å²) in [5, 5.41) is 0. The number of Topliss-reactive ketones (excluding diaryl/α,β-unsaturated/α-hetero) is 1. The average molecular weight is 328 g/mol. The Morgan fingerprint density at radius 2 is 1.96 bits per heavy atom. The van der Waals surface area contributed by atoms with Crippen molar-refractivity contribution in [1.29, 1.82) is 0 Å². The highest BCUT2D eigenvalue weighted by molar-refractivity contribution is 5.98. The first-order valence-corrected chi connectivity index (χ1v) is 9.78. The zero-order chi connectivity index (χ0) is 16.9. The maximum absolute atomic E-state index is 12.2. The number of hydrogen-bond donors (Lipinski definition) is 0. The van der Waals surface area contributed by atoms with Gasteiger partial charge in [-0.2, -0.15) is 0 Å². The molecule has 1 saturated heterocycles. The molecular formula is C21H28O3. The van der Waals surface area contributed by atoms with Crippen molar-refractivity contribution in [2.24, 2.45) is 34.5 Å². The predicted molar refractivity (Wildman–Crippen MR) is 90.3 cm³/mol. The topological polar surface area (TPSA) is 46.7 Å². The van der Waals surface area contributed by atoms with Gasteiger partial charge in [0, 0.05) is 11.3 Å². The van der Waals surface area contributed by atoms with Crippen LogP contribution >= 0.6 is 0 Å². The van der Waals surface area contributed by atoms with Gasteiger partial charge in [0.15, 0.2) is 5.78 Å². The zero-order valence-electron chi connectivity index (χ0n) is 15.0. The second kappa shape index (κ2) is 4.60. The number of rotatable bonds is 1. The van der Waals surface area contributed by atoms with Gasteiger partial charge in [-0.25, -0.2) is 0 Å². The van der Waals surface area contributed by atoms with E-state index in [0.717, 1.165) is 19.3 Å². The molecule has 0 radical (unpaired) electrons. The molecule has 3 saturated carbocycles. The molecule has 5 aliphatic rings. The minimum absolute atomic E-state index is 0.0666. The Kier molecular flexibility index (Phi) is 2.94. The SMILES string of the molecule is CC(=O)[C@@H]1CC[C@H]2[C@@H]3CCC4=CC(=O)C5OC5[C@]4(C)[C@H]3CC[C@]12C. The summed E-state index contributed by atoms with van der Waals surface area (Å²) in [5.74, 6) is 2.88. The molecule has 24 heavy (non-hydrogen) atoms. The lowest BCUT2D eigenvalue weighted by Gasteiger charge is -2.57. The molecule has 0 spiro atoms. The third-order valence-corrected chi connectivity index (χ3v) is 8.82. The van der Waals surface area contributed by atoms with Crippen LogP contribution in [0.1, 0.15) is 59.3 Å². The summed E-state index contributed by atoms with van der Waals surface area (Å²) in [5.41, 5.74) is 1.63. The van der Waals surface area contributed by atoms with Crippen molar-refractivity contribution < 1.29 is 14.3 Å². The van der Waals surface area contributed by atoms with E-state index in [1.54, 1.807) is 6.92 Å². The third kappa shape index (κ3) is 1.67. The largest absolute Gasteiger partial charge is 0.360 e. The maximum Gasteiger partial charge on any atom is 0.187 e. The van der Waals surface area contributed by atoms with E-state index in [4.69, 9.17) is 4.74 Å². The molecule has 1 heterocycles. The number of hydrogen-bond acceptors (Lipinski definition) is 3. The Hall–Kier alpha value is -0.960. The second-order valence-corrected chi connectivity index (χ2v) is 9.53. The molecule has 1 aliphatic heterocycles. The molecule has 4 fully saturated rings. The van der Waals surface area contributed by atoms with Gasteiger partial charge in [0.2, 0.25) is 0 Å². The van der Waals surface area contributed by atoms with E-state index < -0.39 is 0 Å². The van der Waals surface area contributed by atoms with Gasteiger partial charge in [-0.05, 0) is 74.7 Å². The molecule has 0 amide bonds. The fourth-order valence-electron chi connectivity index (χ4n) is 7.59. The van der Waals surface area contributed by atoms with E-state index >= 15 is 0 Å². The van der Waals surface area contributed by atoms with Gasteiger partial charge in [-0.15, -0.1) is 0 Å². The van der Waals surface area contributed by atoms with Gasteiger partial charge >= 0.3 is 0 Å². The van der Waals surface area contributed by atoms with Gasteiger partial charge in [0.05, 0.1) is 0 Å². The molecular weight excluding hydrogens is 300 g/mol. The predicted octanol–water partition coefficient (Wildman–Crippen LogP) is 3.71. The number of fused-ring (bicyclic) bond motifs is 7. The molecule has 0 aromatic heterocycles. The minimum Gasteiger partial charge on any atom is -0.360 e. The van der Waals surface area contributed by atoms with Crippen LogP contribution in [0.5, 0.6) is 0 Å². The van der Waals surface area contributed by atoms with Crippen molar-refractivity contribution in [2.75, 3.05) is 0 Å². The Balaban J connectivity index is 1.52. The molecule has 3 nitrogen and oxygen atoms in total. The average Bonchev–Trinajstić information content (AvgIpc) is 3.26. The number of epoxide rings is 1. The summed E-state index contributed by atoms with van der Waals surface area (Å²) in [6.45, 7) is 6.55. The molecule has 0 aromatic rings. The van der Waals surface area contributed by atoms with Crippen LogP contribution in [0.25, 0.3) is 0 Å². The van der Waals surface area contributed by atoms with E-state index in [1.807, 2.05) is 6.08 Å². The van der Waals surface area contributed by atoms with Gasteiger partial charge in [0.1, 0.15) is 18.0 Å². The van der Waals surface area contributed by atoms with Crippen LogP contribution in [0.3, 0.4) is 0 Å². The smallest absolute Gasteiger partial charge is 0.187 e. The Morgan fingerprint density at radius 3 is 2.71 bits per heavy atom. The number of ether oxygens (including phenoxy) is 1. The Morgan fingerprint density at radius 1 is 1.17 bits per heavy atom. The van der Waals surface area contributed by atoms with E-state index in [2.05, 4.69) is 13.8 Å². The van der Waals surface area contributed by atoms with E-state index in [0.29, 0.717) is 23.5 Å². The standard InChI is InChI=1S/C21H28O3/c1-11(22)14-6-7-15-13-5-4-12-10-17(23)18-19(24-18)21(12,3)16(13)8-9-20(14,15)2/h10,13-16,18-19H,4-9H2,1-3H3/t13-,14-,15-,16-,18?,19?,20+,21-/m0/s1. The highest BCUT2D eigenvalue weighted by atomic mass is 16.6. The third-order valence-electron chi connectivity index (χ3n) is 8.82. The Bertz CT molecular complexity index is 664. The molecule has 2 unspecified atom stereocenters. The lowest BCUT2D eigenvalue weighted by atomic mass is 9.46. The molecule has 130 valence electrons. The highest BCUT2D eigenvalue weighted by Crippen LogP contribution is 2.68. The first-order chi connectivity index (χ1) is 11.4. The molecule has 4 aliphatic carbocycles. The van der Waals surface area contributed by atoms with Crippen LogP contribution in [-0.2, 0) is 14.3 Å². The summed E-state index contributed by atoms with van der Waals surface area (Å²) < 4.78 is 5.85. The highest BCUT2D eigenvalue weighted by Gasteiger charge is 2.67. The van der Waals surface area contributed by atoms with Crippen LogP contribution in [0.15, 0.2) is 11.6 Å². The van der Waals surface area contributed by atoms with Gasteiger partial charge in [-0.3, -0.25) is 9.59 Å². The minimum atomic E-state index is -0.153. The molecule has 5 rings (SSSR count). The molecule has 3 heteroatoms. The van der Waals surface area contributed by atoms with E-state index in [9.17, 15) is 9.59 Å². The summed E-state index contributed by atoms with van der Waals surface area (Å²) >= 11 is 0. The lowest BCUT2D eigenvalue weighted by Crippen LogP contribution is -2.53. The van der Waals surface area contributed by atoms with Crippen molar-refractivity contribution >= 4 is 11.6 Å². The van der Waals surface area contributed by atoms with E-state index in [-0.39, 0.29) is 34.7 Å². The molecule has 8 atom stereocenters. The number of carbonyl (C=O) groups excluding carboxylic acids is 2. The fourth-order valence-corrected chi connectivity index (χ4v) is 7.59. The molecule has 0 aromatic carbocycles. The summed E-state index contributed by atoms with van der Waals surface area (Å²) in [4.78, 5) is 24.3.